The highest BCUT2D eigenvalue weighted by atomic mass is 32.3. The molecule has 0 saturated heterocycles. The van der Waals surface area contributed by atoms with Crippen LogP contribution in [-0.4, -0.2) is 42.7 Å². The molecule has 1 fully saturated rings. The third-order valence-corrected chi connectivity index (χ3v) is 11.0. The average molecular weight is 700 g/mol. The molecule has 1 aliphatic rings. The van der Waals surface area contributed by atoms with Gasteiger partial charge < -0.3 is 9.17 Å². The Balaban J connectivity index is 0.000000221. The van der Waals surface area contributed by atoms with Gasteiger partial charge in [-0.05, 0) is 36.0 Å². The Kier molecular flexibility index (Phi) is 9.52. The van der Waals surface area contributed by atoms with Gasteiger partial charge in [0.15, 0.2) is 0 Å². The predicted molar refractivity (Wildman–Crippen MR) is 181 cm³/mol. The van der Waals surface area contributed by atoms with Crippen molar-refractivity contribution < 1.29 is 37.2 Å². The molecule has 0 aliphatic heterocycles. The van der Waals surface area contributed by atoms with Crippen LogP contribution in [0.2, 0.25) is 0 Å². The molecule has 17 nitrogen and oxygen atoms in total. The number of H-pyrrole nitrogens is 1. The molecule has 1 heterocycles. The zero-order chi connectivity index (χ0) is 36.6. The third-order valence-electron chi connectivity index (χ3n) is 8.46. The minimum Gasteiger partial charge on any atom is -0.385 e. The molecule has 0 atom stereocenters. The first-order valence-electron chi connectivity index (χ1n) is 14.8. The molecule has 0 unspecified atom stereocenters. The van der Waals surface area contributed by atoms with E-state index in [1.807, 2.05) is 12.1 Å². The normalized spacial score (nSPS) is 15.2. The van der Waals surface area contributed by atoms with Gasteiger partial charge in [-0.2, -0.15) is 4.21 Å². The highest BCUT2D eigenvalue weighted by molar-refractivity contribution is 8.07. The minimum atomic E-state index is -5.37. The van der Waals surface area contributed by atoms with E-state index in [0.29, 0.717) is 25.0 Å². The zero-order valence-corrected chi connectivity index (χ0v) is 27.4. The number of aromatic nitrogens is 1. The van der Waals surface area contributed by atoms with Crippen molar-refractivity contribution in [2.45, 2.75) is 69.5 Å². The van der Waals surface area contributed by atoms with Crippen LogP contribution in [0.1, 0.15) is 64.9 Å². The lowest BCUT2D eigenvalue weighted by molar-refractivity contribution is -0.393. The van der Waals surface area contributed by atoms with E-state index in [4.69, 9.17) is 10.6 Å². The number of non-ortho nitro benzene ring substituents is 4. The summed E-state index contributed by atoms with van der Waals surface area (Å²) in [5.74, 6) is 2.62. The van der Waals surface area contributed by atoms with Crippen LogP contribution in [0.15, 0.2) is 48.5 Å². The number of fused-ring (bicyclic) bond motifs is 3. The molecule has 4 aromatic rings. The Morgan fingerprint density at radius 2 is 1.27 bits per heavy atom. The van der Waals surface area contributed by atoms with Crippen molar-refractivity contribution in [1.82, 2.24) is 4.98 Å². The van der Waals surface area contributed by atoms with Crippen molar-refractivity contribution in [2.24, 2.45) is 0 Å². The van der Waals surface area contributed by atoms with Crippen LogP contribution in [0.25, 0.3) is 21.8 Å². The first-order chi connectivity index (χ1) is 22.7. The molecular formula is C31H33N5O12S. The number of terminal acetylenes is 1. The number of hydrogen-bond acceptors (Lipinski definition) is 10. The van der Waals surface area contributed by atoms with Gasteiger partial charge in [0.25, 0.3) is 22.7 Å². The lowest BCUT2D eigenvalue weighted by Crippen LogP contribution is -2.59. The monoisotopic (exact) mass is 699 g/mol. The molecule has 18 heteroatoms. The molecule has 1 saturated carbocycles. The molecule has 0 amide bonds. The molecule has 5 rings (SSSR count). The summed E-state index contributed by atoms with van der Waals surface area (Å²) in [6.07, 6.45) is 8.68. The highest BCUT2D eigenvalue weighted by Gasteiger charge is 2.56. The number of aromatic amines is 1. The first kappa shape index (κ1) is 36.3. The molecule has 1 aromatic heterocycles. The first-order valence-corrected chi connectivity index (χ1v) is 16.6. The molecule has 1 aliphatic carbocycles. The number of hydrogen-bond donors (Lipinski definition) is 3. The Bertz CT molecular complexity index is 2010. The van der Waals surface area contributed by atoms with Crippen LogP contribution < -0.4 is 4.18 Å². The van der Waals surface area contributed by atoms with E-state index in [1.165, 1.54) is 0 Å². The average Bonchev–Trinajstić information content (AvgIpc) is 3.38. The van der Waals surface area contributed by atoms with E-state index in [2.05, 4.69) is 31.7 Å². The maximum absolute atomic E-state index is 13.1. The van der Waals surface area contributed by atoms with Crippen molar-refractivity contribution in [3.63, 3.8) is 0 Å². The summed E-state index contributed by atoms with van der Waals surface area (Å²) < 4.78 is 38.4. The number of rotatable bonds is 8. The van der Waals surface area contributed by atoms with Crippen molar-refractivity contribution in [3.05, 3.63) is 94.6 Å². The summed E-state index contributed by atoms with van der Waals surface area (Å²) >= 11 is 0. The van der Waals surface area contributed by atoms with Gasteiger partial charge in [-0.15, -0.1) is 12.3 Å². The number of nitro groups is 4. The quantitative estimate of drug-likeness (QED) is 0.0907. The van der Waals surface area contributed by atoms with Crippen molar-refractivity contribution in [1.29, 1.82) is 0 Å². The molecule has 49 heavy (non-hydrogen) atoms. The van der Waals surface area contributed by atoms with Gasteiger partial charge in [-0.3, -0.25) is 49.6 Å². The maximum Gasteiger partial charge on any atom is 0.300 e. The standard InChI is InChI=1S/C19H28O4S.C12H5N5O8/c1-5-13-19(14-7-6-8-15-19)24(20,21,22)23-17-11-9-16(10-12-17)18(2,3)4;18-14(19)5-1-7-8-2-6(15(20)21)4-10(17(24)25)12(8)13-11(7)9(3-5)16(22)23/h1,9-12H,6-8,13-15H2,2-4H3,(H2,20,21,22);1-4,13H. The highest BCUT2D eigenvalue weighted by Crippen LogP contribution is 2.48. The molecule has 3 N–H and O–H groups in total. The number of nitrogens with one attached hydrogen (secondary N) is 1. The van der Waals surface area contributed by atoms with Crippen molar-refractivity contribution in [2.75, 3.05) is 0 Å². The molecule has 3 aromatic carbocycles. The maximum atomic E-state index is 13.1. The van der Waals surface area contributed by atoms with Gasteiger partial charge in [0.2, 0.25) is 9.91 Å². The predicted octanol–water partition coefficient (Wildman–Crippen LogP) is 7.72. The van der Waals surface area contributed by atoms with Gasteiger partial charge >= 0.3 is 0 Å². The molecule has 0 radical (unpaired) electrons. The SMILES string of the molecule is C#CCC1(S(=O)(O)(O)Oc2ccc(C(C)(C)C)cc2)CCCCC1.O=[N+]([O-])c1cc([N+](=O)[O-])c2[nH]c3c([N+](=O)[O-])cc([N+](=O)[O-])cc3c2c1. The van der Waals surface area contributed by atoms with Crippen LogP contribution in [0, 0.1) is 52.8 Å². The van der Waals surface area contributed by atoms with Gasteiger partial charge in [0.1, 0.15) is 21.5 Å². The van der Waals surface area contributed by atoms with E-state index < -0.39 is 57.1 Å². The Morgan fingerprint density at radius 3 is 1.63 bits per heavy atom. The van der Waals surface area contributed by atoms with Crippen LogP contribution in [0.4, 0.5) is 22.7 Å². The van der Waals surface area contributed by atoms with Crippen LogP contribution in [0.5, 0.6) is 5.75 Å². The van der Waals surface area contributed by atoms with Gasteiger partial charge in [-0.1, -0.05) is 52.2 Å². The summed E-state index contributed by atoms with van der Waals surface area (Å²) in [5.41, 5.74) is -1.93. The van der Waals surface area contributed by atoms with Crippen LogP contribution in [-0.2, 0) is 15.3 Å². The fraction of sp³-hybridized carbons (Fsp3) is 0.355. The van der Waals surface area contributed by atoms with E-state index in [1.54, 1.807) is 12.1 Å². The van der Waals surface area contributed by atoms with E-state index in [9.17, 15) is 53.8 Å². The smallest absolute Gasteiger partial charge is 0.300 e. The summed E-state index contributed by atoms with van der Waals surface area (Å²) in [6, 6.07) is 10.3. The molecule has 260 valence electrons. The zero-order valence-electron chi connectivity index (χ0n) is 26.6. The van der Waals surface area contributed by atoms with Gasteiger partial charge in [0.05, 0.1) is 31.8 Å². The van der Waals surface area contributed by atoms with Crippen LogP contribution >= 0.6 is 0 Å². The van der Waals surface area contributed by atoms with Crippen molar-refractivity contribution in [3.8, 4) is 18.1 Å². The fourth-order valence-corrected chi connectivity index (χ4v) is 7.79. The topological polar surface area (TPSA) is 255 Å². The summed E-state index contributed by atoms with van der Waals surface area (Å²) in [5, 5.41) is 44.1. The van der Waals surface area contributed by atoms with E-state index in [0.717, 1.165) is 37.0 Å². The minimum absolute atomic E-state index is 0.0193. The molecule has 0 bridgehead atoms. The Hall–Kier alpha value is -5.51. The molecule has 0 spiro atoms. The van der Waals surface area contributed by atoms with Crippen molar-refractivity contribution >= 4 is 54.5 Å². The summed E-state index contributed by atoms with van der Waals surface area (Å²) in [6.45, 7) is 6.24. The summed E-state index contributed by atoms with van der Waals surface area (Å²) in [4.78, 5) is 43.3. The molecular weight excluding hydrogens is 666 g/mol. The second kappa shape index (κ2) is 12.8. The largest absolute Gasteiger partial charge is 0.385 e. The van der Waals surface area contributed by atoms with Crippen LogP contribution in [0.3, 0.4) is 0 Å². The van der Waals surface area contributed by atoms with Gasteiger partial charge in [0, 0.05) is 29.3 Å². The Labute approximate surface area is 278 Å². The second-order valence-electron chi connectivity index (χ2n) is 12.7. The second-order valence-corrected chi connectivity index (χ2v) is 15.3. The van der Waals surface area contributed by atoms with E-state index >= 15 is 0 Å². The number of nitro benzene ring substituents is 4. The lowest BCUT2D eigenvalue weighted by atomic mass is 9.86. The Morgan fingerprint density at radius 1 is 0.816 bits per heavy atom. The summed E-state index contributed by atoms with van der Waals surface area (Å²) in [7, 11) is -5.37. The number of nitrogens with zero attached hydrogens (tertiary/aromatic N) is 4. The third kappa shape index (κ3) is 7.18. The van der Waals surface area contributed by atoms with Gasteiger partial charge in [-0.25, -0.2) is 0 Å². The fourth-order valence-electron chi connectivity index (χ4n) is 5.84. The lowest BCUT2D eigenvalue weighted by Gasteiger charge is -2.49. The van der Waals surface area contributed by atoms with E-state index in [-0.39, 0.29) is 39.4 Å². The number of benzene rings is 3.